The van der Waals surface area contributed by atoms with Gasteiger partial charge < -0.3 is 14.9 Å². The minimum Gasteiger partial charge on any atom is -0.478 e. The quantitative estimate of drug-likeness (QED) is 0.877. The average Bonchev–Trinajstić information content (AvgIpc) is 2.36. The summed E-state index contributed by atoms with van der Waals surface area (Å²) in [7, 11) is 5.47. The SMILES string of the molecule is CN(C)CCCN(C)c1cc(C(=O)O)cc(C(F)(F)F)c1. The van der Waals surface area contributed by atoms with Crippen LogP contribution in [0.1, 0.15) is 22.3 Å². The lowest BCUT2D eigenvalue weighted by Gasteiger charge is -2.22. The molecule has 21 heavy (non-hydrogen) atoms. The van der Waals surface area contributed by atoms with Gasteiger partial charge in [0.25, 0.3) is 0 Å². The number of benzene rings is 1. The molecular weight excluding hydrogens is 285 g/mol. The Bertz CT molecular complexity index is 501. The molecule has 0 fully saturated rings. The molecule has 0 aliphatic heterocycles. The molecular formula is C14H19F3N2O2. The molecule has 0 bridgehead atoms. The molecule has 7 heteroatoms. The number of hydrogen-bond donors (Lipinski definition) is 1. The van der Waals surface area contributed by atoms with Crippen LogP contribution < -0.4 is 4.90 Å². The molecule has 118 valence electrons. The van der Waals surface area contributed by atoms with Crippen molar-refractivity contribution in [2.75, 3.05) is 39.1 Å². The molecule has 0 aliphatic rings. The van der Waals surface area contributed by atoms with Gasteiger partial charge in [0.15, 0.2) is 0 Å². The Labute approximate surface area is 121 Å². The number of carboxylic acid groups (broad SMARTS) is 1. The van der Waals surface area contributed by atoms with Gasteiger partial charge in [-0.1, -0.05) is 0 Å². The van der Waals surface area contributed by atoms with Crippen molar-refractivity contribution in [3.8, 4) is 0 Å². The molecule has 0 amide bonds. The molecule has 0 atom stereocenters. The van der Waals surface area contributed by atoms with Crippen molar-refractivity contribution >= 4 is 11.7 Å². The van der Waals surface area contributed by atoms with E-state index in [0.29, 0.717) is 12.6 Å². The van der Waals surface area contributed by atoms with Crippen LogP contribution in [-0.2, 0) is 6.18 Å². The number of alkyl halides is 3. The lowest BCUT2D eigenvalue weighted by atomic mass is 10.1. The van der Waals surface area contributed by atoms with E-state index in [4.69, 9.17) is 5.11 Å². The summed E-state index contributed by atoms with van der Waals surface area (Å²) in [6, 6.07) is 2.88. The molecule has 1 rings (SSSR count). The first-order valence-electron chi connectivity index (χ1n) is 6.42. The highest BCUT2D eigenvalue weighted by Gasteiger charge is 2.32. The summed E-state index contributed by atoms with van der Waals surface area (Å²) >= 11 is 0. The lowest BCUT2D eigenvalue weighted by Crippen LogP contribution is -2.24. The summed E-state index contributed by atoms with van der Waals surface area (Å²) in [5.41, 5.74) is -1.06. The van der Waals surface area contributed by atoms with E-state index < -0.39 is 17.7 Å². The Kier molecular flexibility index (Phi) is 5.60. The Morgan fingerprint density at radius 2 is 1.76 bits per heavy atom. The highest BCUT2D eigenvalue weighted by molar-refractivity contribution is 5.89. The third-order valence-electron chi connectivity index (χ3n) is 3.03. The van der Waals surface area contributed by atoms with Crippen molar-refractivity contribution in [3.63, 3.8) is 0 Å². The Hall–Kier alpha value is -1.76. The van der Waals surface area contributed by atoms with Crippen molar-refractivity contribution in [2.45, 2.75) is 12.6 Å². The molecule has 1 aromatic rings. The fourth-order valence-electron chi connectivity index (χ4n) is 1.87. The van der Waals surface area contributed by atoms with E-state index in [1.54, 1.807) is 11.9 Å². The predicted octanol–water partition coefficient (Wildman–Crippen LogP) is 2.79. The molecule has 0 spiro atoms. The molecule has 0 aliphatic carbocycles. The van der Waals surface area contributed by atoms with Gasteiger partial charge in [-0.2, -0.15) is 13.2 Å². The maximum atomic E-state index is 12.8. The maximum absolute atomic E-state index is 12.8. The van der Waals surface area contributed by atoms with E-state index in [1.807, 2.05) is 19.0 Å². The van der Waals surface area contributed by atoms with Gasteiger partial charge >= 0.3 is 12.1 Å². The van der Waals surface area contributed by atoms with Crippen LogP contribution >= 0.6 is 0 Å². The van der Waals surface area contributed by atoms with Gasteiger partial charge in [-0.3, -0.25) is 0 Å². The number of nitrogens with zero attached hydrogens (tertiary/aromatic N) is 2. The number of hydrogen-bond acceptors (Lipinski definition) is 3. The highest BCUT2D eigenvalue weighted by Crippen LogP contribution is 2.32. The second-order valence-electron chi connectivity index (χ2n) is 5.15. The van der Waals surface area contributed by atoms with Crippen molar-refractivity contribution in [1.82, 2.24) is 4.90 Å². The van der Waals surface area contributed by atoms with Crippen molar-refractivity contribution in [2.24, 2.45) is 0 Å². The van der Waals surface area contributed by atoms with Crippen LogP contribution in [-0.4, -0.2) is 50.2 Å². The van der Waals surface area contributed by atoms with E-state index in [0.717, 1.165) is 19.0 Å². The normalized spacial score (nSPS) is 11.8. The Morgan fingerprint density at radius 3 is 2.24 bits per heavy atom. The Balaban J connectivity index is 3.00. The molecule has 0 radical (unpaired) electrons. The van der Waals surface area contributed by atoms with Crippen LogP contribution in [0.3, 0.4) is 0 Å². The van der Waals surface area contributed by atoms with E-state index >= 15 is 0 Å². The second-order valence-corrected chi connectivity index (χ2v) is 5.15. The number of carboxylic acids is 1. The number of aromatic carboxylic acids is 1. The maximum Gasteiger partial charge on any atom is 0.416 e. The lowest BCUT2D eigenvalue weighted by molar-refractivity contribution is -0.137. The summed E-state index contributed by atoms with van der Waals surface area (Å²) in [5, 5.41) is 8.94. The first-order chi connectivity index (χ1) is 9.61. The number of carbonyl (C=O) groups is 1. The fourth-order valence-corrected chi connectivity index (χ4v) is 1.87. The molecule has 1 N–H and O–H groups in total. The van der Waals surface area contributed by atoms with E-state index in [2.05, 4.69) is 0 Å². The summed E-state index contributed by atoms with van der Waals surface area (Å²) in [4.78, 5) is 14.6. The molecule has 0 saturated carbocycles. The van der Waals surface area contributed by atoms with Crippen LogP contribution in [0.5, 0.6) is 0 Å². The van der Waals surface area contributed by atoms with Gasteiger partial charge in [-0.25, -0.2) is 4.79 Å². The minimum atomic E-state index is -4.56. The smallest absolute Gasteiger partial charge is 0.416 e. The van der Waals surface area contributed by atoms with Crippen molar-refractivity contribution < 1.29 is 23.1 Å². The third kappa shape index (κ3) is 5.26. The topological polar surface area (TPSA) is 43.8 Å². The third-order valence-corrected chi connectivity index (χ3v) is 3.03. The molecule has 4 nitrogen and oxygen atoms in total. The second kappa shape index (κ2) is 6.80. The summed E-state index contributed by atoms with van der Waals surface area (Å²) in [6.45, 7) is 1.34. The summed E-state index contributed by atoms with van der Waals surface area (Å²) < 4.78 is 38.4. The van der Waals surface area contributed by atoms with E-state index in [9.17, 15) is 18.0 Å². The summed E-state index contributed by atoms with van der Waals surface area (Å²) in [6.07, 6.45) is -3.80. The van der Waals surface area contributed by atoms with Gasteiger partial charge in [-0.15, -0.1) is 0 Å². The molecule has 0 heterocycles. The summed E-state index contributed by atoms with van der Waals surface area (Å²) in [5.74, 6) is -1.37. The minimum absolute atomic E-state index is 0.251. The zero-order valence-corrected chi connectivity index (χ0v) is 12.2. The highest BCUT2D eigenvalue weighted by atomic mass is 19.4. The van der Waals surface area contributed by atoms with Crippen LogP contribution in [0.25, 0.3) is 0 Å². The van der Waals surface area contributed by atoms with Crippen LogP contribution in [0.2, 0.25) is 0 Å². The number of halogens is 3. The first kappa shape index (κ1) is 17.3. The van der Waals surface area contributed by atoms with Crippen molar-refractivity contribution in [3.05, 3.63) is 29.3 Å². The molecule has 0 aromatic heterocycles. The zero-order valence-electron chi connectivity index (χ0n) is 12.2. The van der Waals surface area contributed by atoms with Gasteiger partial charge in [0.2, 0.25) is 0 Å². The van der Waals surface area contributed by atoms with Gasteiger partial charge in [0.1, 0.15) is 0 Å². The van der Waals surface area contributed by atoms with Gasteiger partial charge in [0.05, 0.1) is 11.1 Å². The molecule has 1 aromatic carbocycles. The average molecular weight is 304 g/mol. The van der Waals surface area contributed by atoms with Crippen LogP contribution in [0.15, 0.2) is 18.2 Å². The fraction of sp³-hybridized carbons (Fsp3) is 0.500. The predicted molar refractivity (Wildman–Crippen MR) is 74.8 cm³/mol. The van der Waals surface area contributed by atoms with Crippen LogP contribution in [0, 0.1) is 0 Å². The molecule has 0 unspecified atom stereocenters. The van der Waals surface area contributed by atoms with Crippen molar-refractivity contribution in [1.29, 1.82) is 0 Å². The van der Waals surface area contributed by atoms with Crippen LogP contribution in [0.4, 0.5) is 18.9 Å². The number of rotatable bonds is 6. The standard InChI is InChI=1S/C14H19F3N2O2/c1-18(2)5-4-6-19(3)12-8-10(13(20)21)7-11(9-12)14(15,16)17/h7-9H,4-6H2,1-3H3,(H,20,21). The monoisotopic (exact) mass is 304 g/mol. The molecule has 0 saturated heterocycles. The van der Waals surface area contributed by atoms with Gasteiger partial charge in [0, 0.05) is 19.3 Å². The zero-order chi connectivity index (χ0) is 16.2. The van der Waals surface area contributed by atoms with Gasteiger partial charge in [-0.05, 0) is 45.3 Å². The van der Waals surface area contributed by atoms with E-state index in [1.165, 1.54) is 6.07 Å². The number of anilines is 1. The Morgan fingerprint density at radius 1 is 1.14 bits per heavy atom. The first-order valence-corrected chi connectivity index (χ1v) is 6.42. The van der Waals surface area contributed by atoms with E-state index in [-0.39, 0.29) is 11.3 Å². The largest absolute Gasteiger partial charge is 0.478 e.